The minimum absolute atomic E-state index is 0.0152. The van der Waals surface area contributed by atoms with Crippen molar-refractivity contribution in [2.75, 3.05) is 13.2 Å². The smallest absolute Gasteiger partial charge is 0.334 e. The van der Waals surface area contributed by atoms with Gasteiger partial charge in [0.05, 0.1) is 0 Å². The summed E-state index contributed by atoms with van der Waals surface area (Å²) in [7, 11) is 0. The lowest BCUT2D eigenvalue weighted by atomic mass is 10.3. The van der Waals surface area contributed by atoms with E-state index in [1.165, 1.54) is 12.2 Å². The molecule has 14 heavy (non-hydrogen) atoms. The molecule has 5 heteroatoms. The zero-order valence-electron chi connectivity index (χ0n) is 7.77. The molecule has 0 aromatic heterocycles. The summed E-state index contributed by atoms with van der Waals surface area (Å²) in [6.45, 7) is 6.71. The van der Waals surface area contributed by atoms with Gasteiger partial charge in [-0.25, -0.2) is 9.59 Å². The molecule has 0 aromatic carbocycles. The van der Waals surface area contributed by atoms with Gasteiger partial charge in [-0.1, -0.05) is 25.3 Å². The van der Waals surface area contributed by atoms with E-state index in [1.54, 1.807) is 0 Å². The van der Waals surface area contributed by atoms with Crippen molar-refractivity contribution in [3.63, 3.8) is 0 Å². The number of carbonyl (C=O) groups excluding carboxylic acids is 2. The minimum atomic E-state index is -1.41. The van der Waals surface area contributed by atoms with Crippen molar-refractivity contribution in [1.82, 2.24) is 0 Å². The molecule has 0 fully saturated rings. The fourth-order valence-corrected chi connectivity index (χ4v) is 0.558. The summed E-state index contributed by atoms with van der Waals surface area (Å²) in [5.74, 6) is -1.67. The second-order valence-corrected chi connectivity index (χ2v) is 2.32. The molecule has 0 aliphatic heterocycles. The van der Waals surface area contributed by atoms with E-state index in [2.05, 4.69) is 22.6 Å². The SMILES string of the molecule is C=CCOC(=O)C(N)C(=O)OCC=C. The Labute approximate surface area is 82.2 Å². The number of esters is 2. The third kappa shape index (κ3) is 4.42. The van der Waals surface area contributed by atoms with E-state index in [-0.39, 0.29) is 13.2 Å². The summed E-state index contributed by atoms with van der Waals surface area (Å²) in [5, 5.41) is 0. The molecule has 0 spiro atoms. The Hall–Kier alpha value is -1.62. The number of ether oxygens (including phenoxy) is 2. The number of hydrogen-bond donors (Lipinski definition) is 1. The van der Waals surface area contributed by atoms with E-state index >= 15 is 0 Å². The average Bonchev–Trinajstić information content (AvgIpc) is 2.21. The molecule has 0 amide bonds. The first kappa shape index (κ1) is 12.4. The highest BCUT2D eigenvalue weighted by Crippen LogP contribution is 1.90. The summed E-state index contributed by atoms with van der Waals surface area (Å²) < 4.78 is 9.09. The van der Waals surface area contributed by atoms with E-state index in [9.17, 15) is 9.59 Å². The maximum atomic E-state index is 11.0. The van der Waals surface area contributed by atoms with Gasteiger partial charge in [0.15, 0.2) is 0 Å². The van der Waals surface area contributed by atoms with Crippen molar-refractivity contribution >= 4 is 11.9 Å². The van der Waals surface area contributed by atoms with Gasteiger partial charge in [0.2, 0.25) is 6.04 Å². The molecule has 0 aliphatic rings. The Morgan fingerprint density at radius 2 is 1.50 bits per heavy atom. The lowest BCUT2D eigenvalue weighted by Gasteiger charge is -2.08. The Kier molecular flexibility index (Phi) is 6.06. The molecule has 2 N–H and O–H groups in total. The summed E-state index contributed by atoms with van der Waals surface area (Å²) >= 11 is 0. The number of rotatable bonds is 6. The summed E-state index contributed by atoms with van der Waals surface area (Å²) in [6, 6.07) is -1.41. The maximum Gasteiger partial charge on any atom is 0.334 e. The van der Waals surface area contributed by atoms with Crippen molar-refractivity contribution in [3.8, 4) is 0 Å². The molecule has 0 saturated heterocycles. The van der Waals surface area contributed by atoms with Gasteiger partial charge in [-0.15, -0.1) is 0 Å². The molecule has 0 unspecified atom stereocenters. The number of carbonyl (C=O) groups is 2. The number of nitrogens with two attached hydrogens (primary N) is 1. The predicted molar refractivity (Wildman–Crippen MR) is 50.3 cm³/mol. The van der Waals surface area contributed by atoms with Crippen molar-refractivity contribution in [2.24, 2.45) is 5.73 Å². The van der Waals surface area contributed by atoms with E-state index < -0.39 is 18.0 Å². The van der Waals surface area contributed by atoms with Crippen molar-refractivity contribution in [2.45, 2.75) is 6.04 Å². The topological polar surface area (TPSA) is 78.6 Å². The lowest BCUT2D eigenvalue weighted by Crippen LogP contribution is -2.41. The second kappa shape index (κ2) is 6.85. The van der Waals surface area contributed by atoms with Crippen molar-refractivity contribution in [3.05, 3.63) is 25.3 Å². The van der Waals surface area contributed by atoms with Gasteiger partial charge in [-0.2, -0.15) is 0 Å². The van der Waals surface area contributed by atoms with E-state index in [0.29, 0.717) is 0 Å². The zero-order chi connectivity index (χ0) is 11.0. The molecule has 0 aromatic rings. The maximum absolute atomic E-state index is 11.0. The first-order chi connectivity index (χ1) is 6.63. The summed E-state index contributed by atoms with van der Waals surface area (Å²) in [5.41, 5.74) is 5.22. The molecular formula is C9H13NO4. The number of hydrogen-bond acceptors (Lipinski definition) is 5. The van der Waals surface area contributed by atoms with Gasteiger partial charge in [-0.05, 0) is 0 Å². The second-order valence-electron chi connectivity index (χ2n) is 2.32. The molecule has 0 bridgehead atoms. The molecule has 78 valence electrons. The molecular weight excluding hydrogens is 186 g/mol. The third-order valence-electron chi connectivity index (χ3n) is 1.19. The fraction of sp³-hybridized carbons (Fsp3) is 0.333. The van der Waals surface area contributed by atoms with Gasteiger partial charge in [0, 0.05) is 0 Å². The van der Waals surface area contributed by atoms with Crippen LogP contribution in [0.25, 0.3) is 0 Å². The summed E-state index contributed by atoms with van der Waals surface area (Å²) in [6.07, 6.45) is 2.75. The highest BCUT2D eigenvalue weighted by Gasteiger charge is 2.24. The first-order valence-electron chi connectivity index (χ1n) is 3.94. The molecule has 0 rings (SSSR count). The monoisotopic (exact) mass is 199 g/mol. The Morgan fingerprint density at radius 1 is 1.14 bits per heavy atom. The first-order valence-corrected chi connectivity index (χ1v) is 3.94. The normalized spacial score (nSPS) is 9.29. The van der Waals surface area contributed by atoms with Crippen LogP contribution >= 0.6 is 0 Å². The molecule has 0 atom stereocenters. The average molecular weight is 199 g/mol. The van der Waals surface area contributed by atoms with Gasteiger partial charge in [0.25, 0.3) is 0 Å². The van der Waals surface area contributed by atoms with E-state index in [0.717, 1.165) is 0 Å². The predicted octanol–water partition coefficient (Wildman–Crippen LogP) is -0.228. The highest BCUT2D eigenvalue weighted by atomic mass is 16.6. The van der Waals surface area contributed by atoms with Crippen LogP contribution in [-0.4, -0.2) is 31.2 Å². The van der Waals surface area contributed by atoms with E-state index in [4.69, 9.17) is 5.73 Å². The van der Waals surface area contributed by atoms with Crippen LogP contribution < -0.4 is 5.73 Å². The van der Waals surface area contributed by atoms with Crippen LogP contribution in [0, 0.1) is 0 Å². The van der Waals surface area contributed by atoms with Gasteiger partial charge in [0.1, 0.15) is 13.2 Å². The highest BCUT2D eigenvalue weighted by molar-refractivity contribution is 5.98. The standard InChI is InChI=1S/C9H13NO4/c1-3-5-13-8(11)7(10)9(12)14-6-4-2/h3-4,7H,1-2,5-6,10H2. The van der Waals surface area contributed by atoms with Crippen LogP contribution in [0.3, 0.4) is 0 Å². The van der Waals surface area contributed by atoms with Crippen LogP contribution in [-0.2, 0) is 19.1 Å². The fourth-order valence-electron chi connectivity index (χ4n) is 0.558. The minimum Gasteiger partial charge on any atom is -0.460 e. The lowest BCUT2D eigenvalue weighted by molar-refractivity contribution is -0.155. The largest absolute Gasteiger partial charge is 0.460 e. The molecule has 0 saturated carbocycles. The summed E-state index contributed by atoms with van der Waals surface area (Å²) in [4.78, 5) is 22.0. The molecule has 0 aliphatic carbocycles. The Bertz CT molecular complexity index is 213. The van der Waals surface area contributed by atoms with Gasteiger partial charge < -0.3 is 15.2 Å². The third-order valence-corrected chi connectivity index (χ3v) is 1.19. The van der Waals surface area contributed by atoms with Crippen LogP contribution in [0.1, 0.15) is 0 Å². The van der Waals surface area contributed by atoms with Crippen LogP contribution in [0.5, 0.6) is 0 Å². The molecule has 5 nitrogen and oxygen atoms in total. The van der Waals surface area contributed by atoms with Crippen LogP contribution in [0.2, 0.25) is 0 Å². The van der Waals surface area contributed by atoms with E-state index in [1.807, 2.05) is 0 Å². The van der Waals surface area contributed by atoms with Crippen LogP contribution in [0.15, 0.2) is 25.3 Å². The quantitative estimate of drug-likeness (QED) is 0.363. The Morgan fingerprint density at radius 3 is 1.79 bits per heavy atom. The van der Waals surface area contributed by atoms with Crippen molar-refractivity contribution in [1.29, 1.82) is 0 Å². The van der Waals surface area contributed by atoms with Crippen LogP contribution in [0.4, 0.5) is 0 Å². The molecule has 0 radical (unpaired) electrons. The molecule has 0 heterocycles. The van der Waals surface area contributed by atoms with Gasteiger partial charge >= 0.3 is 11.9 Å². The Balaban J connectivity index is 3.96. The van der Waals surface area contributed by atoms with Gasteiger partial charge in [-0.3, -0.25) is 0 Å². The van der Waals surface area contributed by atoms with Crippen molar-refractivity contribution < 1.29 is 19.1 Å². The zero-order valence-corrected chi connectivity index (χ0v) is 7.77.